The van der Waals surface area contributed by atoms with Gasteiger partial charge in [-0.2, -0.15) is 0 Å². The molecule has 1 aromatic heterocycles. The van der Waals surface area contributed by atoms with Crippen LogP contribution in [0.3, 0.4) is 0 Å². The van der Waals surface area contributed by atoms with E-state index in [2.05, 4.69) is 11.9 Å². The fourth-order valence-corrected chi connectivity index (χ4v) is 4.44. The van der Waals surface area contributed by atoms with Crippen LogP contribution in [-0.2, 0) is 20.9 Å². The van der Waals surface area contributed by atoms with Gasteiger partial charge in [0.25, 0.3) is 5.56 Å². The lowest BCUT2D eigenvalue weighted by Crippen LogP contribution is -2.44. The number of aromatic nitrogens is 2. The summed E-state index contributed by atoms with van der Waals surface area (Å²) < 4.78 is 6.01. The lowest BCUT2D eigenvalue weighted by molar-refractivity contribution is -0.141. The molecule has 0 bridgehead atoms. The molecule has 0 aliphatic carbocycles. The first-order valence-electron chi connectivity index (χ1n) is 9.53. The third-order valence-electron chi connectivity index (χ3n) is 5.08. The number of hydrogen-bond donors (Lipinski definition) is 0. The van der Waals surface area contributed by atoms with Crippen LogP contribution in [0.1, 0.15) is 32.6 Å². The fraction of sp³-hybridized carbons (Fsp3) is 0.500. The molecule has 0 N–H and O–H groups in total. The second-order valence-electron chi connectivity index (χ2n) is 6.81. The van der Waals surface area contributed by atoms with Gasteiger partial charge in [0, 0.05) is 12.6 Å². The zero-order chi connectivity index (χ0) is 20.1. The van der Waals surface area contributed by atoms with Crippen LogP contribution < -0.4 is 5.56 Å². The number of hydrogen-bond acceptors (Lipinski definition) is 6. The Balaban J connectivity index is 1.86. The summed E-state index contributed by atoms with van der Waals surface area (Å²) in [5.74, 6) is -0.305. The number of rotatable bonds is 6. The second-order valence-corrected chi connectivity index (χ2v) is 7.76. The van der Waals surface area contributed by atoms with Crippen LogP contribution in [0.5, 0.6) is 0 Å². The standard InChI is InChI=1S/C20H25N3O4S/c1-3-14-8-6-7-11-22(14)17(24)13-28-20-21-16-10-5-4-9-15(16)19(26)23(20)12-18(25)27-2/h4-5,9-10,14H,3,6-8,11-13H2,1-2H3/t14-/m0/s1. The van der Waals surface area contributed by atoms with E-state index in [0.29, 0.717) is 16.1 Å². The number of esters is 1. The molecule has 0 saturated carbocycles. The third-order valence-corrected chi connectivity index (χ3v) is 6.05. The van der Waals surface area contributed by atoms with Crippen molar-refractivity contribution in [1.82, 2.24) is 14.5 Å². The Bertz CT molecular complexity index is 927. The number of fused-ring (bicyclic) bond motifs is 1. The molecule has 1 amide bonds. The lowest BCUT2D eigenvalue weighted by Gasteiger charge is -2.35. The number of likely N-dealkylation sites (tertiary alicyclic amines) is 1. The van der Waals surface area contributed by atoms with Gasteiger partial charge in [0.2, 0.25) is 5.91 Å². The molecular formula is C20H25N3O4S. The van der Waals surface area contributed by atoms with E-state index in [1.54, 1.807) is 24.3 Å². The summed E-state index contributed by atoms with van der Waals surface area (Å²) in [7, 11) is 1.28. The predicted octanol–water partition coefficient (Wildman–Crippen LogP) is 2.45. The van der Waals surface area contributed by atoms with E-state index in [4.69, 9.17) is 4.74 Å². The van der Waals surface area contributed by atoms with Gasteiger partial charge in [-0.15, -0.1) is 0 Å². The van der Waals surface area contributed by atoms with Gasteiger partial charge in [0.05, 0.1) is 23.8 Å². The van der Waals surface area contributed by atoms with Crippen molar-refractivity contribution >= 4 is 34.5 Å². The molecule has 1 fully saturated rings. The van der Waals surface area contributed by atoms with Crippen molar-refractivity contribution in [2.24, 2.45) is 0 Å². The number of para-hydroxylation sites is 1. The van der Waals surface area contributed by atoms with E-state index in [0.717, 1.165) is 32.2 Å². The number of thioether (sulfide) groups is 1. The lowest BCUT2D eigenvalue weighted by atomic mass is 10.0. The zero-order valence-electron chi connectivity index (χ0n) is 16.2. The Hall–Kier alpha value is -2.35. The minimum Gasteiger partial charge on any atom is -0.468 e. The Labute approximate surface area is 168 Å². The molecule has 1 atom stereocenters. The van der Waals surface area contributed by atoms with Crippen molar-refractivity contribution in [3.05, 3.63) is 34.6 Å². The Morgan fingerprint density at radius 3 is 2.82 bits per heavy atom. The molecule has 1 aromatic carbocycles. The zero-order valence-corrected chi connectivity index (χ0v) is 17.0. The maximum absolute atomic E-state index is 12.9. The number of methoxy groups -OCH3 is 1. The highest BCUT2D eigenvalue weighted by Gasteiger charge is 2.26. The van der Waals surface area contributed by atoms with Crippen molar-refractivity contribution < 1.29 is 14.3 Å². The SMILES string of the molecule is CC[C@H]1CCCCN1C(=O)CSc1nc2ccccc2c(=O)n1CC(=O)OC. The molecule has 1 saturated heterocycles. The van der Waals surface area contributed by atoms with Crippen molar-refractivity contribution in [2.75, 3.05) is 19.4 Å². The van der Waals surface area contributed by atoms with Crippen LogP contribution in [-0.4, -0.2) is 51.8 Å². The van der Waals surface area contributed by atoms with Crippen LogP contribution in [0.15, 0.2) is 34.2 Å². The molecule has 0 radical (unpaired) electrons. The van der Waals surface area contributed by atoms with E-state index in [-0.39, 0.29) is 29.8 Å². The summed E-state index contributed by atoms with van der Waals surface area (Å²) in [6.07, 6.45) is 4.15. The summed E-state index contributed by atoms with van der Waals surface area (Å²) in [6.45, 7) is 2.64. The van der Waals surface area contributed by atoms with Gasteiger partial charge in [-0.05, 0) is 37.8 Å². The molecule has 7 nitrogen and oxygen atoms in total. The normalized spacial score (nSPS) is 16.9. The van der Waals surface area contributed by atoms with Crippen molar-refractivity contribution in [2.45, 2.75) is 50.4 Å². The first-order chi connectivity index (χ1) is 13.5. The van der Waals surface area contributed by atoms with E-state index in [1.807, 2.05) is 4.90 Å². The minimum atomic E-state index is -0.533. The van der Waals surface area contributed by atoms with Gasteiger partial charge < -0.3 is 9.64 Å². The van der Waals surface area contributed by atoms with Gasteiger partial charge in [0.1, 0.15) is 6.54 Å². The van der Waals surface area contributed by atoms with Crippen LogP contribution >= 0.6 is 11.8 Å². The number of amides is 1. The van der Waals surface area contributed by atoms with Crippen LogP contribution in [0.25, 0.3) is 10.9 Å². The number of carbonyl (C=O) groups excluding carboxylic acids is 2. The molecule has 8 heteroatoms. The van der Waals surface area contributed by atoms with Gasteiger partial charge in [-0.1, -0.05) is 30.8 Å². The van der Waals surface area contributed by atoms with Crippen LogP contribution in [0.4, 0.5) is 0 Å². The summed E-state index contributed by atoms with van der Waals surface area (Å²) in [6, 6.07) is 7.27. The predicted molar refractivity (Wildman–Crippen MR) is 108 cm³/mol. The Morgan fingerprint density at radius 2 is 2.07 bits per heavy atom. The molecule has 2 heterocycles. The smallest absolute Gasteiger partial charge is 0.325 e. The molecule has 3 rings (SSSR count). The topological polar surface area (TPSA) is 81.5 Å². The quantitative estimate of drug-likeness (QED) is 0.419. The minimum absolute atomic E-state index is 0.0450. The number of nitrogens with zero attached hydrogens (tertiary/aromatic N) is 3. The largest absolute Gasteiger partial charge is 0.468 e. The maximum Gasteiger partial charge on any atom is 0.325 e. The molecule has 0 spiro atoms. The fourth-order valence-electron chi connectivity index (χ4n) is 3.55. The molecule has 1 aliphatic heterocycles. The first-order valence-corrected chi connectivity index (χ1v) is 10.5. The summed E-state index contributed by atoms with van der Waals surface area (Å²) in [5.41, 5.74) is 0.239. The van der Waals surface area contributed by atoms with E-state index >= 15 is 0 Å². The number of ether oxygens (including phenoxy) is 1. The van der Waals surface area contributed by atoms with E-state index in [9.17, 15) is 14.4 Å². The van der Waals surface area contributed by atoms with Gasteiger partial charge in [0.15, 0.2) is 5.16 Å². The number of carbonyl (C=O) groups is 2. The van der Waals surface area contributed by atoms with Crippen molar-refractivity contribution in [3.8, 4) is 0 Å². The summed E-state index contributed by atoms with van der Waals surface area (Å²) in [5, 5.41) is 0.789. The van der Waals surface area contributed by atoms with Crippen LogP contribution in [0.2, 0.25) is 0 Å². The molecule has 2 aromatic rings. The molecular weight excluding hydrogens is 378 g/mol. The number of piperidine rings is 1. The molecule has 0 unspecified atom stereocenters. The number of benzene rings is 1. The first kappa shape index (κ1) is 20.4. The highest BCUT2D eigenvalue weighted by molar-refractivity contribution is 7.99. The summed E-state index contributed by atoms with van der Waals surface area (Å²) in [4.78, 5) is 43.9. The highest BCUT2D eigenvalue weighted by atomic mass is 32.2. The summed E-state index contributed by atoms with van der Waals surface area (Å²) >= 11 is 1.20. The van der Waals surface area contributed by atoms with Crippen molar-refractivity contribution in [1.29, 1.82) is 0 Å². The van der Waals surface area contributed by atoms with Gasteiger partial charge >= 0.3 is 5.97 Å². The Kier molecular flexibility index (Phi) is 6.72. The van der Waals surface area contributed by atoms with Crippen LogP contribution in [0, 0.1) is 0 Å². The second kappa shape index (κ2) is 9.23. The monoisotopic (exact) mass is 403 g/mol. The third kappa shape index (κ3) is 4.38. The Morgan fingerprint density at radius 1 is 1.29 bits per heavy atom. The van der Waals surface area contributed by atoms with Gasteiger partial charge in [-0.25, -0.2) is 4.98 Å². The molecule has 1 aliphatic rings. The van der Waals surface area contributed by atoms with E-state index < -0.39 is 5.97 Å². The average Bonchev–Trinajstić information content (AvgIpc) is 2.74. The van der Waals surface area contributed by atoms with Gasteiger partial charge in [-0.3, -0.25) is 19.0 Å². The highest BCUT2D eigenvalue weighted by Crippen LogP contribution is 2.23. The van der Waals surface area contributed by atoms with Crippen molar-refractivity contribution in [3.63, 3.8) is 0 Å². The average molecular weight is 404 g/mol. The van der Waals surface area contributed by atoms with E-state index in [1.165, 1.54) is 23.4 Å². The molecule has 28 heavy (non-hydrogen) atoms. The maximum atomic E-state index is 12.9. The molecule has 150 valence electrons.